The molecule has 0 unspecified atom stereocenters. The fraction of sp³-hybridized carbons (Fsp3) is 0.353. The van der Waals surface area contributed by atoms with E-state index >= 15 is 0 Å². The van der Waals surface area contributed by atoms with Crippen LogP contribution in [-0.4, -0.2) is 69.4 Å². The normalized spacial score (nSPS) is 17.8. The number of amides is 3. The highest BCUT2D eigenvalue weighted by Gasteiger charge is 2.28. The summed E-state index contributed by atoms with van der Waals surface area (Å²) < 4.78 is 0. The van der Waals surface area contributed by atoms with Crippen molar-refractivity contribution in [1.82, 2.24) is 25.2 Å². The molecule has 2 aliphatic heterocycles. The summed E-state index contributed by atoms with van der Waals surface area (Å²) in [5, 5.41) is 3.85. The molecule has 9 heteroatoms. The van der Waals surface area contributed by atoms with Crippen LogP contribution in [0.15, 0.2) is 29.6 Å². The van der Waals surface area contributed by atoms with Gasteiger partial charge < -0.3 is 14.8 Å². The minimum Gasteiger partial charge on any atom is -0.345 e. The monoisotopic (exact) mass is 354 g/mol. The van der Waals surface area contributed by atoms with E-state index in [2.05, 4.69) is 20.5 Å². The number of carbonyl (C=O) groups is 3. The zero-order chi connectivity index (χ0) is 18.1. The van der Waals surface area contributed by atoms with E-state index in [-0.39, 0.29) is 24.1 Å². The largest absolute Gasteiger partial charge is 0.345 e. The van der Waals surface area contributed by atoms with Crippen LogP contribution < -0.4 is 5.43 Å². The van der Waals surface area contributed by atoms with Crippen LogP contribution in [0.2, 0.25) is 0 Å². The molecular weight excluding hydrogens is 336 g/mol. The van der Waals surface area contributed by atoms with Crippen LogP contribution in [0.4, 0.5) is 0 Å². The molecule has 0 radical (unpaired) electrons. The molecule has 2 aliphatic rings. The predicted molar refractivity (Wildman–Crippen MR) is 93.4 cm³/mol. The Balaban J connectivity index is 1.39. The third-order valence-corrected chi connectivity index (χ3v) is 4.67. The minimum atomic E-state index is -0.175. The van der Waals surface area contributed by atoms with Crippen LogP contribution in [0.25, 0.3) is 11.0 Å². The topological polar surface area (TPSA) is 111 Å². The third kappa shape index (κ3) is 3.03. The summed E-state index contributed by atoms with van der Waals surface area (Å²) in [6.07, 6.45) is 2.23. The number of hydrogen-bond donors (Lipinski definition) is 2. The van der Waals surface area contributed by atoms with Gasteiger partial charge in [0.05, 0.1) is 17.4 Å². The Morgan fingerprint density at radius 1 is 1.00 bits per heavy atom. The summed E-state index contributed by atoms with van der Waals surface area (Å²) >= 11 is 0. The number of carbonyl (C=O) groups excluding carboxylic acids is 3. The maximum atomic E-state index is 12.7. The molecule has 0 bridgehead atoms. The summed E-state index contributed by atoms with van der Waals surface area (Å²) in [6, 6.07) is 5.37. The van der Waals surface area contributed by atoms with E-state index in [1.54, 1.807) is 28.3 Å². The van der Waals surface area contributed by atoms with Crippen molar-refractivity contribution in [3.05, 3.63) is 30.1 Å². The Labute approximate surface area is 149 Å². The molecule has 1 aromatic heterocycles. The summed E-state index contributed by atoms with van der Waals surface area (Å²) in [5.41, 5.74) is 4.95. The van der Waals surface area contributed by atoms with Gasteiger partial charge in [0.25, 0.3) is 11.8 Å². The molecule has 4 rings (SSSR count). The number of piperazine rings is 1. The lowest BCUT2D eigenvalue weighted by Gasteiger charge is -2.35. The quantitative estimate of drug-likeness (QED) is 0.797. The highest BCUT2D eigenvalue weighted by molar-refractivity contribution is 6.39. The number of nitrogens with zero attached hydrogens (tertiary/aromatic N) is 4. The Morgan fingerprint density at radius 2 is 1.73 bits per heavy atom. The van der Waals surface area contributed by atoms with Gasteiger partial charge in [0.15, 0.2) is 0 Å². The zero-order valence-electron chi connectivity index (χ0n) is 14.1. The average Bonchev–Trinajstić information content (AvgIpc) is 3.15. The lowest BCUT2D eigenvalue weighted by Crippen LogP contribution is -2.52. The number of imidazole rings is 1. The van der Waals surface area contributed by atoms with Gasteiger partial charge in [-0.2, -0.15) is 5.10 Å². The lowest BCUT2D eigenvalue weighted by molar-refractivity contribution is -0.126. The number of benzene rings is 1. The molecule has 0 aliphatic carbocycles. The number of H-pyrrole nitrogens is 1. The molecular formula is C17H18N6O3. The maximum absolute atomic E-state index is 12.7. The van der Waals surface area contributed by atoms with Crippen LogP contribution in [0, 0.1) is 0 Å². The molecule has 0 saturated carbocycles. The van der Waals surface area contributed by atoms with E-state index < -0.39 is 0 Å². The lowest BCUT2D eigenvalue weighted by atomic mass is 10.1. The third-order valence-electron chi connectivity index (χ3n) is 4.67. The van der Waals surface area contributed by atoms with Crippen molar-refractivity contribution in [2.24, 2.45) is 5.10 Å². The molecule has 26 heavy (non-hydrogen) atoms. The number of hydrogen-bond acceptors (Lipinski definition) is 5. The first-order valence-electron chi connectivity index (χ1n) is 8.49. The highest BCUT2D eigenvalue weighted by atomic mass is 16.2. The van der Waals surface area contributed by atoms with E-state index in [1.807, 2.05) is 6.07 Å². The molecule has 9 nitrogen and oxygen atoms in total. The Morgan fingerprint density at radius 3 is 2.42 bits per heavy atom. The SMILES string of the molecule is O=C1CCC(C(=O)N2CCN(C(=O)c3ccc4nc[nH]c4c3)CC2)=NN1. The van der Waals surface area contributed by atoms with Crippen molar-refractivity contribution < 1.29 is 14.4 Å². The number of aromatic nitrogens is 2. The second-order valence-corrected chi connectivity index (χ2v) is 6.31. The van der Waals surface area contributed by atoms with Gasteiger partial charge in [-0.15, -0.1) is 0 Å². The van der Waals surface area contributed by atoms with Gasteiger partial charge in [-0.3, -0.25) is 14.4 Å². The number of aromatic amines is 1. The van der Waals surface area contributed by atoms with Gasteiger partial charge in [0.1, 0.15) is 5.71 Å². The number of fused-ring (bicyclic) bond motifs is 1. The van der Waals surface area contributed by atoms with E-state index in [0.29, 0.717) is 43.9 Å². The van der Waals surface area contributed by atoms with Gasteiger partial charge in [-0.25, -0.2) is 10.4 Å². The number of rotatable bonds is 2. The first-order chi connectivity index (χ1) is 12.6. The van der Waals surface area contributed by atoms with Gasteiger partial charge >= 0.3 is 0 Å². The predicted octanol–water partition coefficient (Wildman–Crippen LogP) is 0.113. The van der Waals surface area contributed by atoms with Crippen molar-refractivity contribution in [2.45, 2.75) is 12.8 Å². The van der Waals surface area contributed by atoms with E-state index in [9.17, 15) is 14.4 Å². The van der Waals surface area contributed by atoms with Crippen molar-refractivity contribution in [3.63, 3.8) is 0 Å². The first kappa shape index (κ1) is 16.2. The molecule has 1 aromatic carbocycles. The fourth-order valence-corrected chi connectivity index (χ4v) is 3.17. The van der Waals surface area contributed by atoms with Crippen LogP contribution in [-0.2, 0) is 9.59 Å². The second-order valence-electron chi connectivity index (χ2n) is 6.31. The molecule has 1 saturated heterocycles. The minimum absolute atomic E-state index is 0.0594. The Bertz CT molecular complexity index is 910. The average molecular weight is 354 g/mol. The smallest absolute Gasteiger partial charge is 0.270 e. The van der Waals surface area contributed by atoms with Crippen LogP contribution in [0.1, 0.15) is 23.2 Å². The molecule has 0 atom stereocenters. The van der Waals surface area contributed by atoms with Gasteiger partial charge in [0.2, 0.25) is 5.91 Å². The van der Waals surface area contributed by atoms with Gasteiger partial charge in [0, 0.05) is 44.6 Å². The molecule has 1 fully saturated rings. The molecule has 2 aromatic rings. The van der Waals surface area contributed by atoms with E-state index in [1.165, 1.54) is 0 Å². The van der Waals surface area contributed by atoms with Crippen LogP contribution in [0.3, 0.4) is 0 Å². The summed E-state index contributed by atoms with van der Waals surface area (Å²) in [6.45, 7) is 1.82. The Hall–Kier alpha value is -3.23. The Kier molecular flexibility index (Phi) is 4.11. The van der Waals surface area contributed by atoms with Crippen molar-refractivity contribution in [1.29, 1.82) is 0 Å². The fourth-order valence-electron chi connectivity index (χ4n) is 3.17. The van der Waals surface area contributed by atoms with E-state index in [0.717, 1.165) is 11.0 Å². The van der Waals surface area contributed by atoms with Crippen LogP contribution in [0.5, 0.6) is 0 Å². The molecule has 2 N–H and O–H groups in total. The highest BCUT2D eigenvalue weighted by Crippen LogP contribution is 2.15. The van der Waals surface area contributed by atoms with Crippen molar-refractivity contribution in [2.75, 3.05) is 26.2 Å². The molecule has 134 valence electrons. The van der Waals surface area contributed by atoms with Crippen LogP contribution >= 0.6 is 0 Å². The van der Waals surface area contributed by atoms with Crippen molar-refractivity contribution in [3.8, 4) is 0 Å². The standard InChI is InChI=1S/C17H18N6O3/c24-15-4-3-13(20-21-15)17(26)23-7-5-22(6-8-23)16(25)11-1-2-12-14(9-11)19-10-18-12/h1-2,9-10H,3-8H2,(H,18,19)(H,21,24). The van der Waals surface area contributed by atoms with E-state index in [4.69, 9.17) is 0 Å². The summed E-state index contributed by atoms with van der Waals surface area (Å²) in [7, 11) is 0. The van der Waals surface area contributed by atoms with Crippen molar-refractivity contribution >= 4 is 34.5 Å². The van der Waals surface area contributed by atoms with Gasteiger partial charge in [-0.1, -0.05) is 0 Å². The zero-order valence-corrected chi connectivity index (χ0v) is 14.1. The number of nitrogens with one attached hydrogen (secondary N) is 2. The molecule has 3 amide bonds. The number of hydrazone groups is 1. The second kappa shape index (κ2) is 6.58. The van der Waals surface area contributed by atoms with Gasteiger partial charge in [-0.05, 0) is 18.2 Å². The molecule has 0 spiro atoms. The molecule has 3 heterocycles. The maximum Gasteiger partial charge on any atom is 0.270 e. The summed E-state index contributed by atoms with van der Waals surface area (Å²) in [4.78, 5) is 46.9. The first-order valence-corrected chi connectivity index (χ1v) is 8.49. The summed E-state index contributed by atoms with van der Waals surface area (Å²) in [5.74, 6) is -0.405.